The number of carbonyl (C=O) groups is 2. The van der Waals surface area contributed by atoms with E-state index in [1.807, 2.05) is 0 Å². The molecule has 0 fully saturated rings. The van der Waals surface area contributed by atoms with Gasteiger partial charge in [-0.3, -0.25) is 9.59 Å². The Labute approximate surface area is 173 Å². The van der Waals surface area contributed by atoms with Gasteiger partial charge in [-0.25, -0.2) is 0 Å². The third-order valence-electron chi connectivity index (χ3n) is 4.25. The van der Waals surface area contributed by atoms with E-state index in [1.165, 1.54) is 0 Å². The fourth-order valence-electron chi connectivity index (χ4n) is 2.67. The van der Waals surface area contributed by atoms with Crippen molar-refractivity contribution in [3.63, 3.8) is 0 Å². The lowest BCUT2D eigenvalue weighted by Gasteiger charge is -2.07. The van der Waals surface area contributed by atoms with Crippen molar-refractivity contribution in [3.8, 4) is 0 Å². The average Bonchev–Trinajstić information content (AvgIpc) is 2.76. The third kappa shape index (κ3) is 7.55. The van der Waals surface area contributed by atoms with Crippen LogP contribution in [-0.4, -0.2) is 24.9 Å². The molecule has 10 nitrogen and oxygen atoms in total. The molecule has 2 aromatic rings. The zero-order valence-electron chi connectivity index (χ0n) is 16.4. The Morgan fingerprint density at radius 3 is 1.37 bits per heavy atom. The van der Waals surface area contributed by atoms with Crippen molar-refractivity contribution < 1.29 is 9.59 Å². The topological polar surface area (TPSA) is 156 Å². The van der Waals surface area contributed by atoms with Crippen LogP contribution in [0.1, 0.15) is 46.4 Å². The summed E-state index contributed by atoms with van der Waals surface area (Å²) < 4.78 is 0. The number of nitrogens with zero attached hydrogens (tertiary/aromatic N) is 6. The van der Waals surface area contributed by atoms with Gasteiger partial charge >= 0.3 is 0 Å². The van der Waals surface area contributed by atoms with Gasteiger partial charge in [-0.05, 0) is 48.2 Å². The second-order valence-corrected chi connectivity index (χ2v) is 6.40. The van der Waals surface area contributed by atoms with Gasteiger partial charge in [0, 0.05) is 45.4 Å². The fraction of sp³-hybridized carbons (Fsp3) is 0.300. The molecule has 0 radical (unpaired) electrons. The van der Waals surface area contributed by atoms with Gasteiger partial charge in [0.25, 0.3) is 11.8 Å². The van der Waals surface area contributed by atoms with Gasteiger partial charge in [-0.15, -0.1) is 0 Å². The summed E-state index contributed by atoms with van der Waals surface area (Å²) in [5.41, 5.74) is 18.7. The molecule has 0 aliphatic heterocycles. The lowest BCUT2D eigenvalue weighted by atomic mass is 10.1. The average molecular weight is 406 g/mol. The van der Waals surface area contributed by atoms with Crippen LogP contribution >= 0.6 is 0 Å². The second kappa shape index (κ2) is 12.5. The summed E-state index contributed by atoms with van der Waals surface area (Å²) in [5, 5.41) is 12.6. The van der Waals surface area contributed by atoms with Crippen molar-refractivity contribution in [1.82, 2.24) is 10.6 Å². The molecular formula is C20H22N8O2. The minimum absolute atomic E-state index is 0.166. The summed E-state index contributed by atoms with van der Waals surface area (Å²) >= 11 is 0. The second-order valence-electron chi connectivity index (χ2n) is 6.40. The number of rotatable bonds is 11. The minimum atomic E-state index is -0.166. The molecule has 0 unspecified atom stereocenters. The molecule has 2 aromatic carbocycles. The smallest absolute Gasteiger partial charge is 0.251 e. The first kappa shape index (κ1) is 22.3. The fourth-order valence-corrected chi connectivity index (χ4v) is 2.67. The summed E-state index contributed by atoms with van der Waals surface area (Å²) in [4.78, 5) is 29.4. The van der Waals surface area contributed by atoms with E-state index < -0.39 is 0 Å². The highest BCUT2D eigenvalue weighted by atomic mass is 16.2. The first-order chi connectivity index (χ1) is 14.6. The molecule has 2 amide bonds. The Morgan fingerprint density at radius 1 is 0.667 bits per heavy atom. The molecule has 0 spiro atoms. The first-order valence-corrected chi connectivity index (χ1v) is 9.51. The standard InChI is InChI=1S/C20H22N8O2/c21-27-25-17-9-5-15(6-10-17)19(29)23-13-3-1-2-4-14-24-20(30)16-7-11-18(12-8-16)26-28-22/h5-12H,1-4,13-14H2,(H,23,29)(H,24,30). The Balaban J connectivity index is 1.56. The van der Waals surface area contributed by atoms with Crippen LogP contribution in [0.4, 0.5) is 11.4 Å². The summed E-state index contributed by atoms with van der Waals surface area (Å²) in [5.74, 6) is -0.331. The van der Waals surface area contributed by atoms with Gasteiger partial charge in [-0.1, -0.05) is 47.3 Å². The molecule has 0 bridgehead atoms. The van der Waals surface area contributed by atoms with Crippen LogP contribution in [0.5, 0.6) is 0 Å². The quantitative estimate of drug-likeness (QED) is 0.225. The summed E-state index contributed by atoms with van der Waals surface area (Å²) in [7, 11) is 0. The Hall–Kier alpha value is -4.00. The number of amides is 2. The Morgan fingerprint density at radius 2 is 1.03 bits per heavy atom. The van der Waals surface area contributed by atoms with Gasteiger partial charge in [-0.2, -0.15) is 0 Å². The SMILES string of the molecule is [N-]=[N+]=Nc1ccc(C(=O)NCCCCCCNC(=O)c2ccc(N=[N+]=[N-])cc2)cc1. The molecule has 30 heavy (non-hydrogen) atoms. The summed E-state index contributed by atoms with van der Waals surface area (Å²) in [6.45, 7) is 1.14. The zero-order chi connectivity index (χ0) is 21.6. The summed E-state index contributed by atoms with van der Waals surface area (Å²) in [6.07, 6.45) is 3.56. The van der Waals surface area contributed by atoms with E-state index in [1.54, 1.807) is 48.5 Å². The predicted octanol–water partition coefficient (Wildman–Crippen LogP) is 5.29. The number of carbonyl (C=O) groups excluding carboxylic acids is 2. The molecular weight excluding hydrogens is 384 g/mol. The number of hydrogen-bond acceptors (Lipinski definition) is 4. The molecule has 0 saturated carbocycles. The van der Waals surface area contributed by atoms with Crippen LogP contribution in [0.3, 0.4) is 0 Å². The number of hydrogen-bond donors (Lipinski definition) is 2. The van der Waals surface area contributed by atoms with Gasteiger partial charge in [0.15, 0.2) is 0 Å². The molecule has 2 N–H and O–H groups in total. The third-order valence-corrected chi connectivity index (χ3v) is 4.25. The lowest BCUT2D eigenvalue weighted by Crippen LogP contribution is -2.25. The van der Waals surface area contributed by atoms with Crippen LogP contribution in [0.2, 0.25) is 0 Å². The van der Waals surface area contributed by atoms with E-state index in [0.717, 1.165) is 25.7 Å². The van der Waals surface area contributed by atoms with Crippen LogP contribution < -0.4 is 10.6 Å². The predicted molar refractivity (Wildman–Crippen MR) is 114 cm³/mol. The number of nitrogens with one attached hydrogen (secondary N) is 2. The van der Waals surface area contributed by atoms with Crippen molar-refractivity contribution in [2.75, 3.05) is 13.1 Å². The van der Waals surface area contributed by atoms with Crippen LogP contribution in [-0.2, 0) is 0 Å². The van der Waals surface area contributed by atoms with E-state index in [4.69, 9.17) is 11.1 Å². The highest BCUT2D eigenvalue weighted by Crippen LogP contribution is 2.14. The van der Waals surface area contributed by atoms with E-state index in [-0.39, 0.29) is 11.8 Å². The maximum atomic E-state index is 12.0. The molecule has 0 aliphatic carbocycles. The largest absolute Gasteiger partial charge is 0.352 e. The van der Waals surface area contributed by atoms with E-state index in [2.05, 4.69) is 30.7 Å². The van der Waals surface area contributed by atoms with E-state index in [9.17, 15) is 9.59 Å². The van der Waals surface area contributed by atoms with Crippen LogP contribution in [0.25, 0.3) is 20.9 Å². The van der Waals surface area contributed by atoms with Crippen molar-refractivity contribution in [3.05, 3.63) is 80.5 Å². The van der Waals surface area contributed by atoms with Gasteiger partial charge in [0.05, 0.1) is 0 Å². The number of unbranched alkanes of at least 4 members (excludes halogenated alkanes) is 3. The number of azide groups is 2. The maximum Gasteiger partial charge on any atom is 0.251 e. The zero-order valence-corrected chi connectivity index (χ0v) is 16.4. The summed E-state index contributed by atoms with van der Waals surface area (Å²) in [6, 6.07) is 12.8. The molecule has 0 atom stereocenters. The minimum Gasteiger partial charge on any atom is -0.352 e. The maximum absolute atomic E-state index is 12.0. The van der Waals surface area contributed by atoms with Gasteiger partial charge in [0.2, 0.25) is 0 Å². The monoisotopic (exact) mass is 406 g/mol. The molecule has 10 heteroatoms. The van der Waals surface area contributed by atoms with E-state index in [0.29, 0.717) is 35.6 Å². The lowest BCUT2D eigenvalue weighted by molar-refractivity contribution is 0.0943. The molecule has 2 rings (SSSR count). The Kier molecular flexibility index (Phi) is 9.26. The van der Waals surface area contributed by atoms with Crippen molar-refractivity contribution in [2.24, 2.45) is 10.2 Å². The van der Waals surface area contributed by atoms with Crippen LogP contribution in [0, 0.1) is 0 Å². The molecule has 0 saturated heterocycles. The van der Waals surface area contributed by atoms with Crippen LogP contribution in [0.15, 0.2) is 58.8 Å². The molecule has 154 valence electrons. The van der Waals surface area contributed by atoms with Gasteiger partial charge < -0.3 is 10.6 Å². The molecule has 0 aromatic heterocycles. The highest BCUT2D eigenvalue weighted by molar-refractivity contribution is 5.94. The molecule has 0 heterocycles. The first-order valence-electron chi connectivity index (χ1n) is 9.51. The van der Waals surface area contributed by atoms with Crippen molar-refractivity contribution >= 4 is 23.2 Å². The molecule has 0 aliphatic rings. The number of benzene rings is 2. The van der Waals surface area contributed by atoms with E-state index >= 15 is 0 Å². The Bertz CT molecular complexity index is 864. The highest BCUT2D eigenvalue weighted by Gasteiger charge is 2.05. The normalized spacial score (nSPS) is 9.73. The van der Waals surface area contributed by atoms with Crippen molar-refractivity contribution in [2.45, 2.75) is 25.7 Å². The van der Waals surface area contributed by atoms with Gasteiger partial charge in [0.1, 0.15) is 0 Å². The van der Waals surface area contributed by atoms with Crippen molar-refractivity contribution in [1.29, 1.82) is 0 Å².